The first-order valence-corrected chi connectivity index (χ1v) is 7.75. The second-order valence-corrected chi connectivity index (χ2v) is 5.64. The van der Waals surface area contributed by atoms with E-state index in [4.69, 9.17) is 5.73 Å². The Balaban J connectivity index is 2.13. The van der Waals surface area contributed by atoms with E-state index < -0.39 is 0 Å². The Morgan fingerprint density at radius 3 is 2.35 bits per heavy atom. The van der Waals surface area contributed by atoms with Crippen molar-refractivity contribution >= 4 is 0 Å². The third-order valence-corrected chi connectivity index (χ3v) is 3.90. The average molecular weight is 240 g/mol. The van der Waals surface area contributed by atoms with Crippen molar-refractivity contribution in [2.75, 3.05) is 19.6 Å². The molecule has 0 radical (unpaired) electrons. The third kappa shape index (κ3) is 6.42. The molecule has 2 nitrogen and oxygen atoms in total. The summed E-state index contributed by atoms with van der Waals surface area (Å²) < 4.78 is 0. The van der Waals surface area contributed by atoms with Crippen molar-refractivity contribution in [3.05, 3.63) is 0 Å². The third-order valence-electron chi connectivity index (χ3n) is 3.90. The van der Waals surface area contributed by atoms with E-state index in [0.29, 0.717) is 0 Å². The Labute approximate surface area is 108 Å². The molecule has 1 unspecified atom stereocenters. The maximum Gasteiger partial charge on any atom is 0.00964 e. The molecule has 0 amide bonds. The molecule has 1 atom stereocenters. The van der Waals surface area contributed by atoms with Gasteiger partial charge in [-0.3, -0.25) is 0 Å². The number of hydrogen-bond acceptors (Lipinski definition) is 2. The molecule has 1 rings (SSSR count). The summed E-state index contributed by atoms with van der Waals surface area (Å²) in [6, 6.07) is 0.939. The van der Waals surface area contributed by atoms with Crippen LogP contribution in [-0.4, -0.2) is 30.6 Å². The molecule has 1 fully saturated rings. The van der Waals surface area contributed by atoms with Crippen LogP contribution in [0.2, 0.25) is 0 Å². The molecule has 1 saturated carbocycles. The molecular formula is C15H32N2. The molecule has 0 aromatic carbocycles. The van der Waals surface area contributed by atoms with Crippen molar-refractivity contribution in [3.63, 3.8) is 0 Å². The molecule has 102 valence electrons. The predicted octanol–water partition coefficient (Wildman–Crippen LogP) is 3.41. The van der Waals surface area contributed by atoms with Gasteiger partial charge in [-0.1, -0.05) is 26.7 Å². The number of hydrogen-bond donors (Lipinski definition) is 1. The van der Waals surface area contributed by atoms with Crippen molar-refractivity contribution in [3.8, 4) is 0 Å². The van der Waals surface area contributed by atoms with Gasteiger partial charge >= 0.3 is 0 Å². The van der Waals surface area contributed by atoms with Gasteiger partial charge in [-0.05, 0) is 64.1 Å². The lowest BCUT2D eigenvalue weighted by Crippen LogP contribution is -2.28. The largest absolute Gasteiger partial charge is 0.330 e. The molecular weight excluding hydrogens is 208 g/mol. The average Bonchev–Trinajstić information content (AvgIpc) is 3.12. The van der Waals surface area contributed by atoms with Crippen LogP contribution < -0.4 is 5.73 Å². The van der Waals surface area contributed by atoms with Gasteiger partial charge in [0.05, 0.1) is 0 Å². The van der Waals surface area contributed by atoms with Crippen LogP contribution in [-0.2, 0) is 0 Å². The zero-order chi connectivity index (χ0) is 12.5. The fourth-order valence-corrected chi connectivity index (χ4v) is 2.86. The van der Waals surface area contributed by atoms with E-state index in [1.54, 1.807) is 0 Å². The van der Waals surface area contributed by atoms with Crippen LogP contribution in [0.3, 0.4) is 0 Å². The summed E-state index contributed by atoms with van der Waals surface area (Å²) in [5, 5.41) is 0. The lowest BCUT2D eigenvalue weighted by atomic mass is 9.94. The van der Waals surface area contributed by atoms with Gasteiger partial charge < -0.3 is 10.6 Å². The van der Waals surface area contributed by atoms with Crippen LogP contribution in [0.1, 0.15) is 65.2 Å². The van der Waals surface area contributed by atoms with E-state index in [9.17, 15) is 0 Å². The summed E-state index contributed by atoms with van der Waals surface area (Å²) in [6.45, 7) is 8.08. The number of rotatable bonds is 11. The van der Waals surface area contributed by atoms with E-state index in [1.807, 2.05) is 0 Å². The normalized spacial score (nSPS) is 17.6. The zero-order valence-electron chi connectivity index (χ0n) is 12.0. The van der Waals surface area contributed by atoms with E-state index >= 15 is 0 Å². The topological polar surface area (TPSA) is 29.3 Å². The van der Waals surface area contributed by atoms with Gasteiger partial charge in [-0.2, -0.15) is 0 Å². The maximum absolute atomic E-state index is 5.69. The summed E-state index contributed by atoms with van der Waals surface area (Å²) in [7, 11) is 0. The first-order chi connectivity index (χ1) is 8.31. The predicted molar refractivity (Wildman–Crippen MR) is 76.2 cm³/mol. The second kappa shape index (κ2) is 8.93. The zero-order valence-corrected chi connectivity index (χ0v) is 12.0. The minimum Gasteiger partial charge on any atom is -0.330 e. The summed E-state index contributed by atoms with van der Waals surface area (Å²) in [5.41, 5.74) is 5.69. The van der Waals surface area contributed by atoms with E-state index in [0.717, 1.165) is 18.5 Å². The minimum absolute atomic E-state index is 0.867. The van der Waals surface area contributed by atoms with Crippen LogP contribution in [0.15, 0.2) is 0 Å². The smallest absolute Gasteiger partial charge is 0.00964 e. The van der Waals surface area contributed by atoms with Crippen LogP contribution in [0.5, 0.6) is 0 Å². The van der Waals surface area contributed by atoms with Crippen molar-refractivity contribution in [1.82, 2.24) is 4.90 Å². The lowest BCUT2D eigenvalue weighted by Gasteiger charge is -2.22. The molecule has 1 aliphatic carbocycles. The van der Waals surface area contributed by atoms with Crippen molar-refractivity contribution in [1.29, 1.82) is 0 Å². The van der Waals surface area contributed by atoms with E-state index in [1.165, 1.54) is 64.5 Å². The fourth-order valence-electron chi connectivity index (χ4n) is 2.86. The number of nitrogens with two attached hydrogens (primary N) is 1. The molecule has 0 spiro atoms. The highest BCUT2D eigenvalue weighted by molar-refractivity contribution is 4.84. The van der Waals surface area contributed by atoms with Gasteiger partial charge in [0.25, 0.3) is 0 Å². The summed E-state index contributed by atoms with van der Waals surface area (Å²) in [6.07, 6.45) is 10.9. The SMILES string of the molecule is CCCC(CCN)CCCN(CCC)C1CC1. The summed E-state index contributed by atoms with van der Waals surface area (Å²) >= 11 is 0. The van der Waals surface area contributed by atoms with Gasteiger partial charge in [0.15, 0.2) is 0 Å². The second-order valence-electron chi connectivity index (χ2n) is 5.64. The van der Waals surface area contributed by atoms with E-state index in [-0.39, 0.29) is 0 Å². The monoisotopic (exact) mass is 240 g/mol. The van der Waals surface area contributed by atoms with Crippen LogP contribution >= 0.6 is 0 Å². The number of nitrogens with zero attached hydrogens (tertiary/aromatic N) is 1. The first-order valence-electron chi connectivity index (χ1n) is 7.75. The highest BCUT2D eigenvalue weighted by atomic mass is 15.2. The summed E-state index contributed by atoms with van der Waals surface area (Å²) in [5.74, 6) is 0.882. The Bertz CT molecular complexity index is 172. The molecule has 0 saturated heterocycles. The van der Waals surface area contributed by atoms with Crippen molar-refractivity contribution < 1.29 is 0 Å². The van der Waals surface area contributed by atoms with Crippen LogP contribution in [0.25, 0.3) is 0 Å². The van der Waals surface area contributed by atoms with Gasteiger partial charge in [-0.15, -0.1) is 0 Å². The van der Waals surface area contributed by atoms with Crippen molar-refractivity contribution in [2.24, 2.45) is 11.7 Å². The Morgan fingerprint density at radius 2 is 1.82 bits per heavy atom. The molecule has 2 heteroatoms. The standard InChI is InChI=1S/C15H32N2/c1-3-6-14(10-11-16)7-5-13-17(12-4-2)15-8-9-15/h14-15H,3-13,16H2,1-2H3. The van der Waals surface area contributed by atoms with Crippen LogP contribution in [0.4, 0.5) is 0 Å². The van der Waals surface area contributed by atoms with Gasteiger partial charge in [0, 0.05) is 6.04 Å². The Morgan fingerprint density at radius 1 is 1.06 bits per heavy atom. The molecule has 0 heterocycles. The molecule has 0 aliphatic heterocycles. The molecule has 0 bridgehead atoms. The Hall–Kier alpha value is -0.0800. The van der Waals surface area contributed by atoms with Gasteiger partial charge in [-0.25, -0.2) is 0 Å². The maximum atomic E-state index is 5.69. The highest BCUT2D eigenvalue weighted by Gasteiger charge is 2.27. The van der Waals surface area contributed by atoms with Gasteiger partial charge in [0.2, 0.25) is 0 Å². The fraction of sp³-hybridized carbons (Fsp3) is 1.00. The molecule has 1 aliphatic rings. The lowest BCUT2D eigenvalue weighted by molar-refractivity contribution is 0.248. The molecule has 2 N–H and O–H groups in total. The molecule has 0 aromatic rings. The Kier molecular flexibility index (Phi) is 7.87. The highest BCUT2D eigenvalue weighted by Crippen LogP contribution is 2.27. The molecule has 17 heavy (non-hydrogen) atoms. The van der Waals surface area contributed by atoms with Crippen LogP contribution in [0, 0.1) is 5.92 Å². The first kappa shape index (κ1) is 15.0. The summed E-state index contributed by atoms with van der Waals surface area (Å²) in [4.78, 5) is 2.71. The quantitative estimate of drug-likeness (QED) is 0.600. The van der Waals surface area contributed by atoms with Crippen molar-refractivity contribution in [2.45, 2.75) is 71.3 Å². The molecule has 0 aromatic heterocycles. The minimum atomic E-state index is 0.867. The van der Waals surface area contributed by atoms with E-state index in [2.05, 4.69) is 18.7 Å². The van der Waals surface area contributed by atoms with Gasteiger partial charge in [0.1, 0.15) is 0 Å².